The summed E-state index contributed by atoms with van der Waals surface area (Å²) < 4.78 is 5.52. The highest BCUT2D eigenvalue weighted by atomic mass is 16.5. The molecule has 0 radical (unpaired) electrons. The standard InChI is InChI=1S/C14H18N2O3/c1-2-7-15-13(17)9-19-12-5-3-4-11-10(12)6-8-16-14(11)18/h3-5H,2,6-9H2,1H3,(H,15,17)(H,16,18). The molecule has 1 aliphatic heterocycles. The minimum absolute atomic E-state index is 0.0158. The molecular formula is C14H18N2O3. The summed E-state index contributed by atoms with van der Waals surface area (Å²) in [4.78, 5) is 23.2. The molecule has 2 rings (SSSR count). The molecule has 0 aliphatic carbocycles. The van der Waals surface area contributed by atoms with Crippen molar-refractivity contribution in [3.63, 3.8) is 0 Å². The van der Waals surface area contributed by atoms with E-state index < -0.39 is 0 Å². The molecule has 102 valence electrons. The Hall–Kier alpha value is -2.04. The number of nitrogens with one attached hydrogen (secondary N) is 2. The minimum Gasteiger partial charge on any atom is -0.483 e. The van der Waals surface area contributed by atoms with E-state index in [1.807, 2.05) is 6.92 Å². The van der Waals surface area contributed by atoms with Gasteiger partial charge in [-0.15, -0.1) is 0 Å². The molecule has 5 nitrogen and oxygen atoms in total. The van der Waals surface area contributed by atoms with Gasteiger partial charge in [-0.25, -0.2) is 0 Å². The molecule has 5 heteroatoms. The Labute approximate surface area is 112 Å². The van der Waals surface area contributed by atoms with Gasteiger partial charge in [0.15, 0.2) is 6.61 Å². The van der Waals surface area contributed by atoms with Crippen molar-refractivity contribution in [2.24, 2.45) is 0 Å². The van der Waals surface area contributed by atoms with Gasteiger partial charge in [-0.3, -0.25) is 9.59 Å². The third-order valence-corrected chi connectivity index (χ3v) is 2.97. The van der Waals surface area contributed by atoms with Gasteiger partial charge in [0.25, 0.3) is 11.8 Å². The maximum Gasteiger partial charge on any atom is 0.257 e. The largest absolute Gasteiger partial charge is 0.483 e. The zero-order chi connectivity index (χ0) is 13.7. The summed E-state index contributed by atoms with van der Waals surface area (Å²) in [5.74, 6) is 0.404. The fourth-order valence-electron chi connectivity index (χ4n) is 2.03. The number of carbonyl (C=O) groups is 2. The lowest BCUT2D eigenvalue weighted by atomic mass is 9.99. The maximum absolute atomic E-state index is 11.7. The number of rotatable bonds is 5. The lowest BCUT2D eigenvalue weighted by Gasteiger charge is -2.19. The second kappa shape index (κ2) is 6.22. The Bertz CT molecular complexity index is 486. The van der Waals surface area contributed by atoms with E-state index in [0.29, 0.717) is 24.4 Å². The van der Waals surface area contributed by atoms with Crippen LogP contribution in [0.15, 0.2) is 18.2 Å². The lowest BCUT2D eigenvalue weighted by Crippen LogP contribution is -2.33. The first-order valence-corrected chi connectivity index (χ1v) is 6.52. The second-order valence-electron chi connectivity index (χ2n) is 4.43. The number of ether oxygens (including phenoxy) is 1. The van der Waals surface area contributed by atoms with Crippen LogP contribution in [0, 0.1) is 0 Å². The highest BCUT2D eigenvalue weighted by Crippen LogP contribution is 2.25. The average Bonchev–Trinajstić information content (AvgIpc) is 2.43. The maximum atomic E-state index is 11.7. The molecule has 0 bridgehead atoms. The van der Waals surface area contributed by atoms with Crippen LogP contribution in [0.2, 0.25) is 0 Å². The van der Waals surface area contributed by atoms with E-state index in [4.69, 9.17) is 4.74 Å². The third kappa shape index (κ3) is 3.24. The Kier molecular flexibility index (Phi) is 4.39. The van der Waals surface area contributed by atoms with E-state index in [2.05, 4.69) is 10.6 Å². The molecule has 0 saturated heterocycles. The Morgan fingerprint density at radius 1 is 1.47 bits per heavy atom. The van der Waals surface area contributed by atoms with Gasteiger partial charge in [0, 0.05) is 24.2 Å². The highest BCUT2D eigenvalue weighted by molar-refractivity contribution is 5.97. The first kappa shape index (κ1) is 13.4. The van der Waals surface area contributed by atoms with Gasteiger partial charge < -0.3 is 15.4 Å². The first-order chi connectivity index (χ1) is 9.22. The zero-order valence-electron chi connectivity index (χ0n) is 11.0. The van der Waals surface area contributed by atoms with Gasteiger partial charge in [-0.2, -0.15) is 0 Å². The van der Waals surface area contributed by atoms with E-state index >= 15 is 0 Å². The molecule has 1 aromatic carbocycles. The van der Waals surface area contributed by atoms with E-state index in [-0.39, 0.29) is 18.4 Å². The molecular weight excluding hydrogens is 244 g/mol. The average molecular weight is 262 g/mol. The van der Waals surface area contributed by atoms with Crippen LogP contribution in [-0.2, 0) is 11.2 Å². The molecule has 2 amide bonds. The fraction of sp³-hybridized carbons (Fsp3) is 0.429. The Morgan fingerprint density at radius 3 is 3.11 bits per heavy atom. The number of hydrogen-bond acceptors (Lipinski definition) is 3. The second-order valence-corrected chi connectivity index (χ2v) is 4.43. The van der Waals surface area contributed by atoms with Gasteiger partial charge in [0.2, 0.25) is 0 Å². The molecule has 0 fully saturated rings. The van der Waals surface area contributed by atoms with Crippen molar-refractivity contribution in [3.8, 4) is 5.75 Å². The molecule has 2 N–H and O–H groups in total. The lowest BCUT2D eigenvalue weighted by molar-refractivity contribution is -0.123. The van der Waals surface area contributed by atoms with Gasteiger partial charge in [-0.1, -0.05) is 13.0 Å². The van der Waals surface area contributed by atoms with Crippen LogP contribution in [0.5, 0.6) is 5.75 Å². The first-order valence-electron chi connectivity index (χ1n) is 6.52. The molecule has 0 aromatic heterocycles. The molecule has 0 saturated carbocycles. The van der Waals surface area contributed by atoms with Crippen LogP contribution in [-0.4, -0.2) is 31.5 Å². The van der Waals surface area contributed by atoms with Gasteiger partial charge >= 0.3 is 0 Å². The van der Waals surface area contributed by atoms with Crippen LogP contribution in [0.1, 0.15) is 29.3 Å². The van der Waals surface area contributed by atoms with Crippen LogP contribution < -0.4 is 15.4 Å². The summed E-state index contributed by atoms with van der Waals surface area (Å²) in [5, 5.41) is 5.53. The van der Waals surface area contributed by atoms with E-state index in [9.17, 15) is 9.59 Å². The quantitative estimate of drug-likeness (QED) is 0.827. The number of benzene rings is 1. The summed E-state index contributed by atoms with van der Waals surface area (Å²) in [7, 11) is 0. The van der Waals surface area contributed by atoms with Crippen molar-refractivity contribution in [1.82, 2.24) is 10.6 Å². The molecule has 0 unspecified atom stereocenters. The number of fused-ring (bicyclic) bond motifs is 1. The SMILES string of the molecule is CCCNC(=O)COc1cccc2c1CCNC2=O. The zero-order valence-corrected chi connectivity index (χ0v) is 11.0. The number of amides is 2. The van der Waals surface area contributed by atoms with Crippen LogP contribution in [0.3, 0.4) is 0 Å². The summed E-state index contributed by atoms with van der Waals surface area (Å²) in [6.45, 7) is 3.23. The van der Waals surface area contributed by atoms with E-state index in [0.717, 1.165) is 18.4 Å². The molecule has 0 atom stereocenters. The van der Waals surface area contributed by atoms with Crippen molar-refractivity contribution in [3.05, 3.63) is 29.3 Å². The van der Waals surface area contributed by atoms with Crippen molar-refractivity contribution in [2.75, 3.05) is 19.7 Å². The van der Waals surface area contributed by atoms with Crippen molar-refractivity contribution < 1.29 is 14.3 Å². The molecule has 1 aliphatic rings. The van der Waals surface area contributed by atoms with Crippen LogP contribution in [0.25, 0.3) is 0 Å². The smallest absolute Gasteiger partial charge is 0.257 e. The van der Waals surface area contributed by atoms with Gasteiger partial charge in [0.05, 0.1) is 0 Å². The van der Waals surface area contributed by atoms with Gasteiger partial charge in [-0.05, 0) is 25.0 Å². The molecule has 0 spiro atoms. The van der Waals surface area contributed by atoms with Crippen molar-refractivity contribution >= 4 is 11.8 Å². The fourth-order valence-corrected chi connectivity index (χ4v) is 2.03. The van der Waals surface area contributed by atoms with E-state index in [1.54, 1.807) is 18.2 Å². The van der Waals surface area contributed by atoms with Crippen LogP contribution >= 0.6 is 0 Å². The minimum atomic E-state index is -0.139. The Balaban J connectivity index is 2.03. The number of hydrogen-bond donors (Lipinski definition) is 2. The van der Waals surface area contributed by atoms with Crippen molar-refractivity contribution in [1.29, 1.82) is 0 Å². The van der Waals surface area contributed by atoms with Crippen molar-refractivity contribution in [2.45, 2.75) is 19.8 Å². The Morgan fingerprint density at radius 2 is 2.32 bits per heavy atom. The third-order valence-electron chi connectivity index (χ3n) is 2.97. The summed E-state index contributed by atoms with van der Waals surface area (Å²) >= 11 is 0. The topological polar surface area (TPSA) is 67.4 Å². The molecule has 19 heavy (non-hydrogen) atoms. The molecule has 1 heterocycles. The van der Waals surface area contributed by atoms with E-state index in [1.165, 1.54) is 0 Å². The predicted molar refractivity (Wildman–Crippen MR) is 71.3 cm³/mol. The predicted octanol–water partition coefficient (Wildman–Crippen LogP) is 0.877. The summed E-state index contributed by atoms with van der Waals surface area (Å²) in [5.41, 5.74) is 1.52. The summed E-state index contributed by atoms with van der Waals surface area (Å²) in [6, 6.07) is 5.33. The summed E-state index contributed by atoms with van der Waals surface area (Å²) in [6.07, 6.45) is 1.63. The highest BCUT2D eigenvalue weighted by Gasteiger charge is 2.20. The number of carbonyl (C=O) groups excluding carboxylic acids is 2. The molecule has 1 aromatic rings. The normalized spacial score (nSPS) is 13.4. The monoisotopic (exact) mass is 262 g/mol. The van der Waals surface area contributed by atoms with Gasteiger partial charge in [0.1, 0.15) is 5.75 Å². The van der Waals surface area contributed by atoms with Crippen LogP contribution in [0.4, 0.5) is 0 Å².